The molecule has 0 saturated heterocycles. The average molecular weight is 305 g/mol. The van der Waals surface area contributed by atoms with Crippen molar-refractivity contribution in [3.63, 3.8) is 0 Å². The number of anilines is 2. The summed E-state index contributed by atoms with van der Waals surface area (Å²) in [5.41, 5.74) is 5.71. The van der Waals surface area contributed by atoms with Crippen LogP contribution < -0.4 is 4.90 Å². The molecule has 0 spiro atoms. The molecule has 120 valence electrons. The van der Waals surface area contributed by atoms with Crippen LogP contribution in [0.4, 0.5) is 11.4 Å². The first-order valence-corrected chi connectivity index (χ1v) is 8.04. The second-order valence-electron chi connectivity index (χ2n) is 5.04. The van der Waals surface area contributed by atoms with Gasteiger partial charge in [0.25, 0.3) is 0 Å². The quantitative estimate of drug-likeness (QED) is 0.554. The highest BCUT2D eigenvalue weighted by Crippen LogP contribution is 2.30. The Balaban J connectivity index is 0.00000127. The van der Waals surface area contributed by atoms with E-state index in [1.54, 1.807) is 6.08 Å². The van der Waals surface area contributed by atoms with Gasteiger partial charge in [0.15, 0.2) is 0 Å². The van der Waals surface area contributed by atoms with Gasteiger partial charge in [0, 0.05) is 17.1 Å². The fourth-order valence-electron chi connectivity index (χ4n) is 2.19. The maximum Gasteiger partial charge on any atom is 0.0461 e. The van der Waals surface area contributed by atoms with Crippen molar-refractivity contribution in [1.82, 2.24) is 0 Å². The van der Waals surface area contributed by atoms with E-state index >= 15 is 0 Å². The summed E-state index contributed by atoms with van der Waals surface area (Å²) in [6.07, 6.45) is 5.60. The van der Waals surface area contributed by atoms with Crippen LogP contribution in [0.5, 0.6) is 0 Å². The van der Waals surface area contributed by atoms with Crippen LogP contribution in [-0.4, -0.2) is 0 Å². The second kappa shape index (κ2) is 9.47. The van der Waals surface area contributed by atoms with E-state index in [2.05, 4.69) is 80.4 Å². The molecular weight excluding hydrogens is 278 g/mol. The molecule has 1 heteroatoms. The third-order valence-corrected chi connectivity index (χ3v) is 3.34. The van der Waals surface area contributed by atoms with Crippen LogP contribution in [0.2, 0.25) is 0 Å². The van der Waals surface area contributed by atoms with E-state index in [1.807, 2.05) is 26.0 Å². The van der Waals surface area contributed by atoms with E-state index in [0.717, 1.165) is 17.1 Å². The topological polar surface area (TPSA) is 3.24 Å². The van der Waals surface area contributed by atoms with Crippen molar-refractivity contribution in [2.24, 2.45) is 0 Å². The van der Waals surface area contributed by atoms with Crippen molar-refractivity contribution in [3.8, 4) is 0 Å². The SMILES string of the molecule is C=C/C=C(\C=C)N(c1ccc(C)cc1)c1ccc(C)cc1.CC. The molecule has 0 aliphatic rings. The molecule has 2 aromatic carbocycles. The minimum Gasteiger partial charge on any atom is -0.311 e. The number of rotatable bonds is 5. The van der Waals surface area contributed by atoms with Crippen LogP contribution in [0.1, 0.15) is 25.0 Å². The highest BCUT2D eigenvalue weighted by atomic mass is 15.1. The zero-order valence-electron chi connectivity index (χ0n) is 14.7. The maximum atomic E-state index is 3.93. The summed E-state index contributed by atoms with van der Waals surface area (Å²) in [5, 5.41) is 0. The number of nitrogens with zero attached hydrogens (tertiary/aromatic N) is 1. The first kappa shape index (κ1) is 18.5. The molecule has 0 unspecified atom stereocenters. The van der Waals surface area contributed by atoms with Gasteiger partial charge >= 0.3 is 0 Å². The lowest BCUT2D eigenvalue weighted by atomic mass is 10.1. The normalized spacial score (nSPS) is 10.3. The standard InChI is InChI=1S/C20H21N.C2H6/c1-5-7-18(6-2)21(19-12-8-16(3)9-13-19)20-14-10-17(4)11-15-20;1-2/h5-15H,1-2H2,3-4H3;1-2H3/b18-7+;. The third-order valence-electron chi connectivity index (χ3n) is 3.34. The van der Waals surface area contributed by atoms with Crippen LogP contribution in [0.15, 0.2) is 85.6 Å². The largest absolute Gasteiger partial charge is 0.311 e. The minimum atomic E-state index is 0.998. The van der Waals surface area contributed by atoms with Gasteiger partial charge in [-0.1, -0.05) is 68.5 Å². The van der Waals surface area contributed by atoms with Crippen molar-refractivity contribution in [3.05, 3.63) is 96.7 Å². The first-order valence-electron chi connectivity index (χ1n) is 8.04. The van der Waals surface area contributed by atoms with Gasteiger partial charge in [-0.2, -0.15) is 0 Å². The Bertz CT molecular complexity index is 600. The van der Waals surface area contributed by atoms with Gasteiger partial charge < -0.3 is 4.90 Å². The molecule has 0 aliphatic carbocycles. The predicted octanol–water partition coefficient (Wildman–Crippen LogP) is 6.72. The highest BCUT2D eigenvalue weighted by Gasteiger charge is 2.11. The van der Waals surface area contributed by atoms with E-state index in [1.165, 1.54) is 11.1 Å². The lowest BCUT2D eigenvalue weighted by Gasteiger charge is -2.26. The highest BCUT2D eigenvalue weighted by molar-refractivity contribution is 5.70. The van der Waals surface area contributed by atoms with Crippen molar-refractivity contribution in [1.29, 1.82) is 0 Å². The average Bonchev–Trinajstić information content (AvgIpc) is 2.59. The van der Waals surface area contributed by atoms with Crippen molar-refractivity contribution in [2.45, 2.75) is 27.7 Å². The van der Waals surface area contributed by atoms with Gasteiger partial charge in [-0.25, -0.2) is 0 Å². The molecular formula is C22H27N. The van der Waals surface area contributed by atoms with Crippen molar-refractivity contribution < 1.29 is 0 Å². The van der Waals surface area contributed by atoms with Crippen LogP contribution in [0.25, 0.3) is 0 Å². The van der Waals surface area contributed by atoms with Gasteiger partial charge in [-0.15, -0.1) is 0 Å². The van der Waals surface area contributed by atoms with Crippen molar-refractivity contribution in [2.75, 3.05) is 4.90 Å². The number of hydrogen-bond donors (Lipinski definition) is 0. The van der Waals surface area contributed by atoms with Gasteiger partial charge in [-0.05, 0) is 50.3 Å². The minimum absolute atomic E-state index is 0.998. The molecule has 0 bridgehead atoms. The lowest BCUT2D eigenvalue weighted by Crippen LogP contribution is -2.14. The lowest BCUT2D eigenvalue weighted by molar-refractivity contribution is 1.20. The first-order chi connectivity index (χ1) is 11.2. The van der Waals surface area contributed by atoms with Gasteiger partial charge in [0.2, 0.25) is 0 Å². The molecule has 0 aromatic heterocycles. The summed E-state index contributed by atoms with van der Waals surface area (Å²) in [7, 11) is 0. The van der Waals surface area contributed by atoms with Crippen LogP contribution >= 0.6 is 0 Å². The zero-order chi connectivity index (χ0) is 17.2. The molecule has 2 rings (SSSR count). The Kier molecular flexibility index (Phi) is 7.62. The smallest absolute Gasteiger partial charge is 0.0461 e. The van der Waals surface area contributed by atoms with Crippen LogP contribution in [-0.2, 0) is 0 Å². The molecule has 0 aliphatic heterocycles. The summed E-state index contributed by atoms with van der Waals surface area (Å²) >= 11 is 0. The Labute approximate surface area is 141 Å². The molecule has 0 saturated carbocycles. The number of aryl methyl sites for hydroxylation is 2. The van der Waals surface area contributed by atoms with E-state index in [-0.39, 0.29) is 0 Å². The van der Waals surface area contributed by atoms with E-state index in [4.69, 9.17) is 0 Å². The molecule has 1 nitrogen and oxygen atoms in total. The molecule has 23 heavy (non-hydrogen) atoms. The molecule has 0 fully saturated rings. The Morgan fingerprint density at radius 3 is 1.48 bits per heavy atom. The van der Waals surface area contributed by atoms with Crippen LogP contribution in [0.3, 0.4) is 0 Å². The molecule has 0 heterocycles. The number of hydrogen-bond acceptors (Lipinski definition) is 1. The Morgan fingerprint density at radius 1 is 0.783 bits per heavy atom. The summed E-state index contributed by atoms with van der Waals surface area (Å²) in [6, 6.07) is 16.9. The molecule has 0 amide bonds. The van der Waals surface area contributed by atoms with E-state index in [9.17, 15) is 0 Å². The maximum absolute atomic E-state index is 3.93. The summed E-state index contributed by atoms with van der Waals surface area (Å²) in [6.45, 7) is 15.9. The summed E-state index contributed by atoms with van der Waals surface area (Å²) in [5.74, 6) is 0. The Hall–Kier alpha value is -2.54. The molecule has 0 N–H and O–H groups in total. The second-order valence-corrected chi connectivity index (χ2v) is 5.04. The summed E-state index contributed by atoms with van der Waals surface area (Å²) < 4.78 is 0. The van der Waals surface area contributed by atoms with E-state index < -0.39 is 0 Å². The number of allylic oxidation sites excluding steroid dienone is 3. The fraction of sp³-hybridized carbons (Fsp3) is 0.182. The number of benzene rings is 2. The van der Waals surface area contributed by atoms with Gasteiger partial charge in [-0.3, -0.25) is 0 Å². The Morgan fingerprint density at radius 2 is 1.17 bits per heavy atom. The third kappa shape index (κ3) is 5.00. The fourth-order valence-corrected chi connectivity index (χ4v) is 2.19. The van der Waals surface area contributed by atoms with Gasteiger partial charge in [0.1, 0.15) is 0 Å². The zero-order valence-corrected chi connectivity index (χ0v) is 14.7. The monoisotopic (exact) mass is 305 g/mol. The molecule has 0 atom stereocenters. The van der Waals surface area contributed by atoms with Crippen molar-refractivity contribution >= 4 is 11.4 Å². The van der Waals surface area contributed by atoms with E-state index in [0.29, 0.717) is 0 Å². The van der Waals surface area contributed by atoms with Crippen LogP contribution in [0, 0.1) is 13.8 Å². The van der Waals surface area contributed by atoms with Gasteiger partial charge in [0.05, 0.1) is 0 Å². The summed E-state index contributed by atoms with van der Waals surface area (Å²) in [4.78, 5) is 2.17. The molecule has 0 radical (unpaired) electrons. The molecule has 2 aromatic rings. The predicted molar refractivity (Wildman–Crippen MR) is 104 cm³/mol.